The predicted octanol–water partition coefficient (Wildman–Crippen LogP) is 5.47. The van der Waals surface area contributed by atoms with Gasteiger partial charge in [0.1, 0.15) is 17.3 Å². The van der Waals surface area contributed by atoms with Crippen molar-refractivity contribution in [3.05, 3.63) is 125 Å². The van der Waals surface area contributed by atoms with Crippen LogP contribution in [0.15, 0.2) is 91.1 Å². The van der Waals surface area contributed by atoms with Gasteiger partial charge in [0.05, 0.1) is 6.04 Å². The van der Waals surface area contributed by atoms with E-state index in [9.17, 15) is 9.18 Å². The molecule has 4 aromatic rings. The van der Waals surface area contributed by atoms with E-state index < -0.39 is 0 Å². The summed E-state index contributed by atoms with van der Waals surface area (Å²) >= 11 is 0. The molecule has 0 saturated carbocycles. The molecular weight excluding hydrogens is 413 g/mol. The van der Waals surface area contributed by atoms with Crippen molar-refractivity contribution in [3.8, 4) is 0 Å². The molecule has 0 saturated heterocycles. The third kappa shape index (κ3) is 4.87. The number of nitrogens with one attached hydrogen (secondary N) is 1. The van der Waals surface area contributed by atoms with Gasteiger partial charge < -0.3 is 9.88 Å². The number of benzene rings is 3. The van der Waals surface area contributed by atoms with Crippen LogP contribution in [-0.2, 0) is 19.4 Å². The van der Waals surface area contributed by atoms with Gasteiger partial charge in [-0.25, -0.2) is 9.37 Å². The third-order valence-electron chi connectivity index (χ3n) is 6.36. The Morgan fingerprint density at radius 1 is 1.00 bits per heavy atom. The molecule has 0 radical (unpaired) electrons. The maximum Gasteiger partial charge on any atom is 0.271 e. The van der Waals surface area contributed by atoms with Crippen molar-refractivity contribution in [1.82, 2.24) is 14.9 Å². The Labute approximate surface area is 193 Å². The highest BCUT2D eigenvalue weighted by Crippen LogP contribution is 2.29. The van der Waals surface area contributed by atoms with E-state index in [1.165, 1.54) is 12.1 Å². The van der Waals surface area contributed by atoms with Crippen molar-refractivity contribution in [1.29, 1.82) is 0 Å². The van der Waals surface area contributed by atoms with Gasteiger partial charge in [0.2, 0.25) is 0 Å². The number of hydrogen-bond donors (Lipinski definition) is 1. The average molecular weight is 440 g/mol. The van der Waals surface area contributed by atoms with Gasteiger partial charge in [-0.15, -0.1) is 0 Å². The van der Waals surface area contributed by atoms with E-state index in [0.29, 0.717) is 18.0 Å². The van der Waals surface area contributed by atoms with Gasteiger partial charge in [-0.05, 0) is 41.7 Å². The third-order valence-corrected chi connectivity index (χ3v) is 6.36. The van der Waals surface area contributed by atoms with Gasteiger partial charge in [-0.3, -0.25) is 4.79 Å². The summed E-state index contributed by atoms with van der Waals surface area (Å²) in [6.07, 6.45) is 4.29. The number of nitrogens with zero attached hydrogens (tertiary/aromatic N) is 2. The summed E-state index contributed by atoms with van der Waals surface area (Å²) < 4.78 is 15.4. The molecule has 1 aliphatic rings. The van der Waals surface area contributed by atoms with E-state index in [1.54, 1.807) is 0 Å². The number of fused-ring (bicyclic) bond motifs is 1. The number of hydrogen-bond acceptors (Lipinski definition) is 2. The molecule has 3 aromatic carbocycles. The van der Waals surface area contributed by atoms with E-state index in [4.69, 9.17) is 0 Å². The fourth-order valence-corrected chi connectivity index (χ4v) is 4.58. The number of rotatable bonds is 6. The standard InChI is InChI=1S/C28H26FN3O/c29-24-14-11-21(12-15-24)23-13-16-27-30-26(19-32(27)18-23)28(33)31-25(22-9-5-2-6-10-22)17-20-7-3-1-4-8-20/h1-12,14-15,19,23,25H,13,16-18H2,(H,31,33)/t23-,25+/m1/s1. The van der Waals surface area contributed by atoms with E-state index in [-0.39, 0.29) is 17.8 Å². The quantitative estimate of drug-likeness (QED) is 0.433. The van der Waals surface area contributed by atoms with Gasteiger partial charge in [0.25, 0.3) is 5.91 Å². The van der Waals surface area contributed by atoms with Crippen molar-refractivity contribution in [3.63, 3.8) is 0 Å². The Morgan fingerprint density at radius 3 is 2.42 bits per heavy atom. The van der Waals surface area contributed by atoms with Gasteiger partial charge in [-0.1, -0.05) is 72.8 Å². The molecular formula is C28H26FN3O. The van der Waals surface area contributed by atoms with Crippen LogP contribution >= 0.6 is 0 Å². The highest BCUT2D eigenvalue weighted by Gasteiger charge is 2.25. The zero-order chi connectivity index (χ0) is 22.6. The van der Waals surface area contributed by atoms with E-state index >= 15 is 0 Å². The molecule has 0 unspecified atom stereocenters. The van der Waals surface area contributed by atoms with E-state index in [2.05, 4.69) is 27.0 Å². The van der Waals surface area contributed by atoms with Crippen molar-refractivity contribution < 1.29 is 9.18 Å². The summed E-state index contributed by atoms with van der Waals surface area (Å²) in [7, 11) is 0. The number of aromatic nitrogens is 2. The number of carbonyl (C=O) groups is 1. The molecule has 2 atom stereocenters. The van der Waals surface area contributed by atoms with E-state index in [0.717, 1.165) is 41.9 Å². The number of halogens is 1. The number of imidazole rings is 1. The summed E-state index contributed by atoms with van der Waals surface area (Å²) in [6, 6.07) is 26.8. The molecule has 1 aliphatic heterocycles. The maximum absolute atomic E-state index is 13.3. The van der Waals surface area contributed by atoms with Crippen LogP contribution in [0.2, 0.25) is 0 Å². The summed E-state index contributed by atoms with van der Waals surface area (Å²) in [5.74, 6) is 0.830. The summed E-state index contributed by atoms with van der Waals surface area (Å²) in [5.41, 5.74) is 3.79. The molecule has 0 fully saturated rings. The lowest BCUT2D eigenvalue weighted by atomic mass is 9.92. The summed E-state index contributed by atoms with van der Waals surface area (Å²) in [5, 5.41) is 3.20. The molecule has 5 heteroatoms. The molecule has 0 aliphatic carbocycles. The average Bonchev–Trinajstić information content (AvgIpc) is 3.29. The zero-order valence-corrected chi connectivity index (χ0v) is 18.3. The first-order valence-electron chi connectivity index (χ1n) is 11.4. The minimum Gasteiger partial charge on any atom is -0.344 e. The molecule has 4 nitrogen and oxygen atoms in total. The van der Waals surface area contributed by atoms with Crippen LogP contribution in [-0.4, -0.2) is 15.5 Å². The first kappa shape index (κ1) is 21.1. The summed E-state index contributed by atoms with van der Waals surface area (Å²) in [6.45, 7) is 0.743. The highest BCUT2D eigenvalue weighted by atomic mass is 19.1. The minimum atomic E-state index is -0.222. The Balaban J connectivity index is 1.33. The number of amides is 1. The first-order valence-corrected chi connectivity index (χ1v) is 11.4. The number of aryl methyl sites for hydroxylation is 1. The maximum atomic E-state index is 13.3. The number of carbonyl (C=O) groups excluding carboxylic acids is 1. The Morgan fingerprint density at radius 2 is 1.70 bits per heavy atom. The van der Waals surface area contributed by atoms with Crippen LogP contribution in [0.4, 0.5) is 4.39 Å². The fraction of sp³-hybridized carbons (Fsp3) is 0.214. The topological polar surface area (TPSA) is 46.9 Å². The van der Waals surface area contributed by atoms with Crippen LogP contribution in [0.5, 0.6) is 0 Å². The molecule has 0 bridgehead atoms. The van der Waals surface area contributed by atoms with E-state index in [1.807, 2.05) is 66.9 Å². The zero-order valence-electron chi connectivity index (χ0n) is 18.3. The Bertz CT molecular complexity index is 1220. The molecule has 5 rings (SSSR count). The molecule has 0 spiro atoms. The molecule has 1 aromatic heterocycles. The van der Waals surface area contributed by atoms with Crippen LogP contribution in [0.3, 0.4) is 0 Å². The van der Waals surface area contributed by atoms with Gasteiger partial charge in [-0.2, -0.15) is 0 Å². The van der Waals surface area contributed by atoms with Crippen molar-refractivity contribution >= 4 is 5.91 Å². The lowest BCUT2D eigenvalue weighted by Crippen LogP contribution is -2.30. The molecule has 166 valence electrons. The smallest absolute Gasteiger partial charge is 0.271 e. The first-order chi connectivity index (χ1) is 16.2. The van der Waals surface area contributed by atoms with Gasteiger partial charge >= 0.3 is 0 Å². The molecule has 33 heavy (non-hydrogen) atoms. The fourth-order valence-electron chi connectivity index (χ4n) is 4.58. The van der Waals surface area contributed by atoms with Gasteiger partial charge in [0, 0.05) is 25.1 Å². The molecule has 2 heterocycles. The van der Waals surface area contributed by atoms with Crippen molar-refractivity contribution in [2.75, 3.05) is 0 Å². The Kier molecular flexibility index (Phi) is 6.03. The SMILES string of the molecule is O=C(N[C@@H](Cc1ccccc1)c1ccccc1)c1cn2c(n1)CC[C@@H](c1ccc(F)cc1)C2. The van der Waals surface area contributed by atoms with Crippen LogP contribution in [0.25, 0.3) is 0 Å². The second-order valence-corrected chi connectivity index (χ2v) is 8.61. The second-order valence-electron chi connectivity index (χ2n) is 8.61. The second kappa shape index (κ2) is 9.41. The highest BCUT2D eigenvalue weighted by molar-refractivity contribution is 5.92. The van der Waals surface area contributed by atoms with Crippen LogP contribution < -0.4 is 5.32 Å². The van der Waals surface area contributed by atoms with Crippen molar-refractivity contribution in [2.45, 2.75) is 37.8 Å². The molecule has 1 N–H and O–H groups in total. The monoisotopic (exact) mass is 439 g/mol. The van der Waals surface area contributed by atoms with Gasteiger partial charge in [0.15, 0.2) is 0 Å². The lowest BCUT2D eigenvalue weighted by molar-refractivity contribution is 0.0931. The molecule has 1 amide bonds. The largest absolute Gasteiger partial charge is 0.344 e. The minimum absolute atomic E-state index is 0.146. The lowest BCUT2D eigenvalue weighted by Gasteiger charge is -2.24. The van der Waals surface area contributed by atoms with Crippen molar-refractivity contribution in [2.24, 2.45) is 0 Å². The summed E-state index contributed by atoms with van der Waals surface area (Å²) in [4.78, 5) is 17.8. The van der Waals surface area contributed by atoms with Crippen LogP contribution in [0.1, 0.15) is 51.4 Å². The van der Waals surface area contributed by atoms with Crippen LogP contribution in [0, 0.1) is 5.82 Å². The Hall–Kier alpha value is -3.73. The predicted molar refractivity (Wildman–Crippen MR) is 126 cm³/mol. The normalized spacial score (nSPS) is 16.1.